The lowest BCUT2D eigenvalue weighted by molar-refractivity contribution is 0.116. The van der Waals surface area contributed by atoms with Gasteiger partial charge in [0.2, 0.25) is 10.0 Å². The second-order valence-corrected chi connectivity index (χ2v) is 6.76. The Labute approximate surface area is 112 Å². The van der Waals surface area contributed by atoms with E-state index in [9.17, 15) is 8.42 Å². The number of aliphatic hydroxyl groups excluding tert-OH is 1. The van der Waals surface area contributed by atoms with Gasteiger partial charge in [0.1, 0.15) is 11.4 Å². The third kappa shape index (κ3) is 3.17. The van der Waals surface area contributed by atoms with E-state index in [4.69, 9.17) is 9.84 Å². The Kier molecular flexibility index (Phi) is 3.71. The number of fused-ring (bicyclic) bond motifs is 1. The van der Waals surface area contributed by atoms with Crippen molar-refractivity contribution in [2.75, 3.05) is 25.0 Å². The summed E-state index contributed by atoms with van der Waals surface area (Å²) in [7, 11) is -3.59. The normalized spacial score (nSPS) is 17.2. The van der Waals surface area contributed by atoms with Gasteiger partial charge in [0.25, 0.3) is 0 Å². The first-order chi connectivity index (χ1) is 8.84. The van der Waals surface area contributed by atoms with Gasteiger partial charge in [0, 0.05) is 6.54 Å². The molecule has 0 saturated heterocycles. The maximum Gasteiger partial charge on any atom is 0.240 e. The molecule has 0 radical (unpaired) electrons. The molecule has 0 atom stereocenters. The van der Waals surface area contributed by atoms with Gasteiger partial charge in [-0.25, -0.2) is 13.1 Å². The highest BCUT2D eigenvalue weighted by Crippen LogP contribution is 2.34. The Morgan fingerprint density at radius 2 is 2.21 bits per heavy atom. The molecule has 0 saturated carbocycles. The molecule has 106 valence electrons. The van der Waals surface area contributed by atoms with E-state index < -0.39 is 10.0 Å². The van der Waals surface area contributed by atoms with Crippen molar-refractivity contribution < 1.29 is 18.3 Å². The Morgan fingerprint density at radius 3 is 2.89 bits per heavy atom. The summed E-state index contributed by atoms with van der Waals surface area (Å²) in [5.41, 5.74) is 0.342. The van der Waals surface area contributed by atoms with Crippen LogP contribution < -0.4 is 14.8 Å². The molecule has 0 spiro atoms. The molecule has 7 heteroatoms. The van der Waals surface area contributed by atoms with Gasteiger partial charge in [0.05, 0.1) is 23.7 Å². The number of anilines is 1. The largest absolute Gasteiger partial charge is 0.484 e. The molecule has 0 bridgehead atoms. The van der Waals surface area contributed by atoms with E-state index in [1.54, 1.807) is 6.07 Å². The lowest BCUT2D eigenvalue weighted by Gasteiger charge is -2.33. The molecule has 0 aromatic heterocycles. The van der Waals surface area contributed by atoms with E-state index in [1.807, 2.05) is 13.8 Å². The maximum absolute atomic E-state index is 11.9. The molecule has 0 aliphatic carbocycles. The van der Waals surface area contributed by atoms with E-state index in [0.717, 1.165) is 0 Å². The van der Waals surface area contributed by atoms with Gasteiger partial charge in [0.15, 0.2) is 0 Å². The molecule has 3 N–H and O–H groups in total. The van der Waals surface area contributed by atoms with Crippen LogP contribution in [-0.4, -0.2) is 38.8 Å². The number of hydrogen-bond acceptors (Lipinski definition) is 5. The molecule has 0 unspecified atom stereocenters. The van der Waals surface area contributed by atoms with E-state index in [2.05, 4.69) is 10.0 Å². The average molecular weight is 286 g/mol. The fourth-order valence-electron chi connectivity index (χ4n) is 1.81. The summed E-state index contributed by atoms with van der Waals surface area (Å²) in [4.78, 5) is 0.149. The zero-order chi connectivity index (χ0) is 14.1. The van der Waals surface area contributed by atoms with Crippen molar-refractivity contribution in [3.8, 4) is 5.75 Å². The minimum absolute atomic E-state index is 0.00359. The van der Waals surface area contributed by atoms with Gasteiger partial charge >= 0.3 is 0 Å². The Balaban J connectivity index is 2.28. The first-order valence-corrected chi connectivity index (χ1v) is 7.50. The Morgan fingerprint density at radius 1 is 1.47 bits per heavy atom. The fourth-order valence-corrected chi connectivity index (χ4v) is 2.86. The van der Waals surface area contributed by atoms with Crippen molar-refractivity contribution in [2.45, 2.75) is 24.3 Å². The van der Waals surface area contributed by atoms with Crippen LogP contribution in [0.25, 0.3) is 0 Å². The summed E-state index contributed by atoms with van der Waals surface area (Å²) < 4.78 is 31.9. The summed E-state index contributed by atoms with van der Waals surface area (Å²) >= 11 is 0. The van der Waals surface area contributed by atoms with Crippen molar-refractivity contribution in [2.24, 2.45) is 0 Å². The number of benzene rings is 1. The Hall–Kier alpha value is -1.31. The summed E-state index contributed by atoms with van der Waals surface area (Å²) in [5, 5.41) is 11.8. The zero-order valence-electron chi connectivity index (χ0n) is 10.9. The second-order valence-electron chi connectivity index (χ2n) is 4.99. The highest BCUT2D eigenvalue weighted by atomic mass is 32.2. The monoisotopic (exact) mass is 286 g/mol. The molecule has 0 fully saturated rings. The van der Waals surface area contributed by atoms with E-state index >= 15 is 0 Å². The molecule has 1 aliphatic rings. The molecule has 0 amide bonds. The Bertz CT molecular complexity index is 569. The number of hydrogen-bond donors (Lipinski definition) is 3. The van der Waals surface area contributed by atoms with Gasteiger partial charge in [-0.05, 0) is 32.0 Å². The lowest BCUT2D eigenvalue weighted by atomic mass is 10.1. The predicted octanol–water partition coefficient (Wildman–Crippen LogP) is 0.540. The molecule has 6 nitrogen and oxygen atoms in total. The second kappa shape index (κ2) is 4.99. The van der Waals surface area contributed by atoms with Crippen LogP contribution in [0.3, 0.4) is 0 Å². The third-order valence-corrected chi connectivity index (χ3v) is 4.21. The van der Waals surface area contributed by atoms with Crippen molar-refractivity contribution in [3.05, 3.63) is 18.2 Å². The fraction of sp³-hybridized carbons (Fsp3) is 0.500. The summed E-state index contributed by atoms with van der Waals surface area (Å²) in [5.74, 6) is 0.636. The van der Waals surface area contributed by atoms with E-state index in [0.29, 0.717) is 18.0 Å². The minimum Gasteiger partial charge on any atom is -0.484 e. The first-order valence-electron chi connectivity index (χ1n) is 6.01. The predicted molar refractivity (Wildman–Crippen MR) is 71.9 cm³/mol. The average Bonchev–Trinajstić information content (AvgIpc) is 2.34. The number of aliphatic hydroxyl groups is 1. The summed E-state index contributed by atoms with van der Waals surface area (Å²) in [6.07, 6.45) is 0. The molecular formula is C12H18N2O4S. The van der Waals surface area contributed by atoms with Gasteiger partial charge in [-0.2, -0.15) is 0 Å². The molecule has 1 heterocycles. The van der Waals surface area contributed by atoms with Crippen LogP contribution in [-0.2, 0) is 10.0 Å². The van der Waals surface area contributed by atoms with Crippen LogP contribution in [0.4, 0.5) is 5.69 Å². The topological polar surface area (TPSA) is 87.7 Å². The SMILES string of the molecule is CC1(C)CNc2cc(S(=O)(=O)NCCO)ccc2O1. The molecular weight excluding hydrogens is 268 g/mol. The van der Waals surface area contributed by atoms with Crippen LogP contribution in [0.2, 0.25) is 0 Å². The maximum atomic E-state index is 11.9. The summed E-state index contributed by atoms with van der Waals surface area (Å²) in [6, 6.07) is 4.66. The quantitative estimate of drug-likeness (QED) is 0.752. The number of ether oxygens (including phenoxy) is 1. The number of sulfonamides is 1. The molecule has 1 aromatic rings. The van der Waals surface area contributed by atoms with Crippen LogP contribution in [0.15, 0.2) is 23.1 Å². The standard InChI is InChI=1S/C12H18N2O4S/c1-12(2)8-13-10-7-9(3-4-11(10)18-12)19(16,17)14-5-6-15/h3-4,7,13-15H,5-6,8H2,1-2H3. The van der Waals surface area contributed by atoms with Gasteiger partial charge in [-0.15, -0.1) is 0 Å². The summed E-state index contributed by atoms with van der Waals surface area (Å²) in [6.45, 7) is 4.27. The number of nitrogens with one attached hydrogen (secondary N) is 2. The van der Waals surface area contributed by atoms with E-state index in [1.165, 1.54) is 12.1 Å². The smallest absolute Gasteiger partial charge is 0.240 e. The lowest BCUT2D eigenvalue weighted by Crippen LogP contribution is -2.40. The van der Waals surface area contributed by atoms with Gasteiger partial charge in [-0.1, -0.05) is 0 Å². The van der Waals surface area contributed by atoms with Gasteiger partial charge in [-0.3, -0.25) is 0 Å². The van der Waals surface area contributed by atoms with Crippen LogP contribution in [0, 0.1) is 0 Å². The van der Waals surface area contributed by atoms with E-state index in [-0.39, 0.29) is 23.6 Å². The molecule has 1 aromatic carbocycles. The minimum atomic E-state index is -3.59. The molecule has 1 aliphatic heterocycles. The molecule has 19 heavy (non-hydrogen) atoms. The third-order valence-electron chi connectivity index (χ3n) is 2.76. The highest BCUT2D eigenvalue weighted by molar-refractivity contribution is 7.89. The van der Waals surface area contributed by atoms with Crippen LogP contribution in [0.1, 0.15) is 13.8 Å². The van der Waals surface area contributed by atoms with Crippen LogP contribution >= 0.6 is 0 Å². The van der Waals surface area contributed by atoms with Crippen molar-refractivity contribution in [1.82, 2.24) is 4.72 Å². The van der Waals surface area contributed by atoms with Crippen molar-refractivity contribution in [3.63, 3.8) is 0 Å². The van der Waals surface area contributed by atoms with Crippen molar-refractivity contribution in [1.29, 1.82) is 0 Å². The highest BCUT2D eigenvalue weighted by Gasteiger charge is 2.27. The number of rotatable bonds is 4. The van der Waals surface area contributed by atoms with Gasteiger partial charge < -0.3 is 15.2 Å². The first kappa shape index (κ1) is 14.1. The molecule has 2 rings (SSSR count). The zero-order valence-corrected chi connectivity index (χ0v) is 11.8. The van der Waals surface area contributed by atoms with Crippen LogP contribution in [0.5, 0.6) is 5.75 Å². The van der Waals surface area contributed by atoms with Crippen molar-refractivity contribution >= 4 is 15.7 Å².